The van der Waals surface area contributed by atoms with E-state index >= 15 is 0 Å². The fraction of sp³-hybridized carbons (Fsp3) is 0.538. The van der Waals surface area contributed by atoms with Crippen LogP contribution in [0, 0.1) is 0 Å². The van der Waals surface area contributed by atoms with Crippen molar-refractivity contribution in [3.63, 3.8) is 0 Å². The number of ether oxygens (including phenoxy) is 1. The molecule has 0 aliphatic heterocycles. The number of nitrogens with two attached hydrogens (primary N) is 1. The van der Waals surface area contributed by atoms with Crippen LogP contribution in [0.5, 0.6) is 5.75 Å². The van der Waals surface area contributed by atoms with E-state index in [2.05, 4.69) is 0 Å². The van der Waals surface area contributed by atoms with E-state index in [1.807, 2.05) is 38.1 Å². The first kappa shape index (κ1) is 13.0. The molecule has 0 radical (unpaired) electrons. The first-order valence-electron chi connectivity index (χ1n) is 5.77. The molecule has 0 aromatic heterocycles. The van der Waals surface area contributed by atoms with E-state index in [9.17, 15) is 5.11 Å². The third-order valence-electron chi connectivity index (χ3n) is 2.98. The normalized spacial score (nSPS) is 11.5. The highest BCUT2D eigenvalue weighted by Gasteiger charge is 2.22. The van der Waals surface area contributed by atoms with E-state index in [0.29, 0.717) is 26.0 Å². The predicted octanol–water partition coefficient (Wildman–Crippen LogP) is 2.08. The van der Waals surface area contributed by atoms with Crippen molar-refractivity contribution in [2.24, 2.45) is 5.73 Å². The topological polar surface area (TPSA) is 55.5 Å². The predicted molar refractivity (Wildman–Crippen MR) is 65.4 cm³/mol. The van der Waals surface area contributed by atoms with Crippen molar-refractivity contribution in [2.75, 3.05) is 6.61 Å². The minimum Gasteiger partial charge on any atom is -0.491 e. The molecule has 0 saturated carbocycles. The monoisotopic (exact) mass is 223 g/mol. The first-order chi connectivity index (χ1) is 7.63. The Labute approximate surface area is 97.2 Å². The van der Waals surface area contributed by atoms with Crippen LogP contribution in [-0.2, 0) is 6.54 Å². The van der Waals surface area contributed by atoms with E-state index in [1.54, 1.807) is 0 Å². The standard InChI is InChI=1S/C13H21NO2/c1-3-13(15,4-2)10-16-12-7-5-11(9-14)6-8-12/h5-8,15H,3-4,9-10,14H2,1-2H3. The summed E-state index contributed by atoms with van der Waals surface area (Å²) in [5.74, 6) is 0.775. The van der Waals surface area contributed by atoms with E-state index in [1.165, 1.54) is 0 Å². The Kier molecular flexibility index (Phi) is 4.77. The van der Waals surface area contributed by atoms with E-state index in [-0.39, 0.29) is 0 Å². The number of hydrogen-bond donors (Lipinski definition) is 2. The van der Waals surface area contributed by atoms with E-state index in [0.717, 1.165) is 11.3 Å². The van der Waals surface area contributed by atoms with Crippen LogP contribution in [0.2, 0.25) is 0 Å². The Morgan fingerprint density at radius 3 is 2.19 bits per heavy atom. The van der Waals surface area contributed by atoms with Gasteiger partial charge in [-0.25, -0.2) is 0 Å². The van der Waals surface area contributed by atoms with Crippen molar-refractivity contribution in [2.45, 2.75) is 38.8 Å². The van der Waals surface area contributed by atoms with Gasteiger partial charge in [0, 0.05) is 6.54 Å². The average Bonchev–Trinajstić information content (AvgIpc) is 2.36. The fourth-order valence-electron chi connectivity index (χ4n) is 1.39. The first-order valence-corrected chi connectivity index (χ1v) is 5.77. The number of aliphatic hydroxyl groups is 1. The summed E-state index contributed by atoms with van der Waals surface area (Å²) in [5.41, 5.74) is 5.87. The van der Waals surface area contributed by atoms with Crippen molar-refractivity contribution >= 4 is 0 Å². The number of benzene rings is 1. The molecule has 16 heavy (non-hydrogen) atoms. The van der Waals surface area contributed by atoms with Gasteiger partial charge in [-0.1, -0.05) is 26.0 Å². The Bertz CT molecular complexity index is 304. The lowest BCUT2D eigenvalue weighted by molar-refractivity contribution is -0.0113. The summed E-state index contributed by atoms with van der Waals surface area (Å²) in [6, 6.07) is 7.64. The van der Waals surface area contributed by atoms with Gasteiger partial charge in [-0.15, -0.1) is 0 Å². The zero-order chi connectivity index (χ0) is 12.0. The second-order valence-corrected chi connectivity index (χ2v) is 4.07. The average molecular weight is 223 g/mol. The van der Waals surface area contributed by atoms with Gasteiger partial charge in [0.1, 0.15) is 12.4 Å². The summed E-state index contributed by atoms with van der Waals surface area (Å²) in [6.45, 7) is 4.80. The molecule has 1 aromatic carbocycles. The lowest BCUT2D eigenvalue weighted by Gasteiger charge is -2.25. The number of rotatable bonds is 6. The van der Waals surface area contributed by atoms with Crippen LogP contribution in [0.25, 0.3) is 0 Å². The van der Waals surface area contributed by atoms with Gasteiger partial charge in [0.05, 0.1) is 5.60 Å². The highest BCUT2D eigenvalue weighted by atomic mass is 16.5. The fourth-order valence-corrected chi connectivity index (χ4v) is 1.39. The molecule has 0 saturated heterocycles. The molecular weight excluding hydrogens is 202 g/mol. The van der Waals surface area contributed by atoms with Crippen LogP contribution in [0.3, 0.4) is 0 Å². The molecule has 90 valence electrons. The summed E-state index contributed by atoms with van der Waals surface area (Å²) in [5, 5.41) is 10.0. The van der Waals surface area contributed by atoms with Gasteiger partial charge < -0.3 is 15.6 Å². The lowest BCUT2D eigenvalue weighted by Crippen LogP contribution is -2.34. The SMILES string of the molecule is CCC(O)(CC)COc1ccc(CN)cc1. The highest BCUT2D eigenvalue weighted by molar-refractivity contribution is 5.27. The van der Waals surface area contributed by atoms with Crippen LogP contribution in [0.1, 0.15) is 32.3 Å². The lowest BCUT2D eigenvalue weighted by atomic mass is 9.99. The summed E-state index contributed by atoms with van der Waals surface area (Å²) >= 11 is 0. The highest BCUT2D eigenvalue weighted by Crippen LogP contribution is 2.18. The molecule has 3 heteroatoms. The molecule has 3 nitrogen and oxygen atoms in total. The summed E-state index contributed by atoms with van der Waals surface area (Å²) < 4.78 is 5.56. The van der Waals surface area contributed by atoms with Gasteiger partial charge in [-0.3, -0.25) is 0 Å². The minimum atomic E-state index is -0.716. The van der Waals surface area contributed by atoms with Gasteiger partial charge in [0.15, 0.2) is 0 Å². The Balaban J connectivity index is 2.54. The summed E-state index contributed by atoms with van der Waals surface area (Å²) in [6.07, 6.45) is 1.40. The Morgan fingerprint density at radius 1 is 1.19 bits per heavy atom. The van der Waals surface area contributed by atoms with Crippen molar-refractivity contribution in [1.29, 1.82) is 0 Å². The molecule has 1 rings (SSSR count). The van der Waals surface area contributed by atoms with Crippen molar-refractivity contribution in [1.82, 2.24) is 0 Å². The molecule has 0 heterocycles. The molecular formula is C13H21NO2. The van der Waals surface area contributed by atoms with Crippen molar-refractivity contribution < 1.29 is 9.84 Å². The van der Waals surface area contributed by atoms with Gasteiger partial charge in [0.2, 0.25) is 0 Å². The van der Waals surface area contributed by atoms with E-state index < -0.39 is 5.60 Å². The van der Waals surface area contributed by atoms with Crippen LogP contribution >= 0.6 is 0 Å². The quantitative estimate of drug-likeness (QED) is 0.776. The van der Waals surface area contributed by atoms with Gasteiger partial charge >= 0.3 is 0 Å². The second-order valence-electron chi connectivity index (χ2n) is 4.07. The maximum Gasteiger partial charge on any atom is 0.119 e. The number of hydrogen-bond acceptors (Lipinski definition) is 3. The molecule has 0 atom stereocenters. The molecule has 0 unspecified atom stereocenters. The van der Waals surface area contributed by atoms with E-state index in [4.69, 9.17) is 10.5 Å². The van der Waals surface area contributed by atoms with Crippen LogP contribution in [0.15, 0.2) is 24.3 Å². The molecule has 0 bridgehead atoms. The smallest absolute Gasteiger partial charge is 0.119 e. The molecule has 0 aliphatic rings. The van der Waals surface area contributed by atoms with Crippen molar-refractivity contribution in [3.05, 3.63) is 29.8 Å². The third-order valence-corrected chi connectivity index (χ3v) is 2.98. The molecule has 0 fully saturated rings. The van der Waals surface area contributed by atoms with Crippen LogP contribution in [0.4, 0.5) is 0 Å². The minimum absolute atomic E-state index is 0.335. The molecule has 1 aromatic rings. The van der Waals surface area contributed by atoms with Gasteiger partial charge in [-0.05, 0) is 30.5 Å². The van der Waals surface area contributed by atoms with Crippen LogP contribution < -0.4 is 10.5 Å². The molecule has 0 aliphatic carbocycles. The Hall–Kier alpha value is -1.06. The maximum absolute atomic E-state index is 10.0. The van der Waals surface area contributed by atoms with Gasteiger partial charge in [-0.2, -0.15) is 0 Å². The molecule has 0 spiro atoms. The Morgan fingerprint density at radius 2 is 1.75 bits per heavy atom. The van der Waals surface area contributed by atoms with Crippen molar-refractivity contribution in [3.8, 4) is 5.75 Å². The maximum atomic E-state index is 10.0. The zero-order valence-corrected chi connectivity index (χ0v) is 10.1. The zero-order valence-electron chi connectivity index (χ0n) is 10.1. The summed E-state index contributed by atoms with van der Waals surface area (Å²) in [4.78, 5) is 0. The second kappa shape index (κ2) is 5.87. The third kappa shape index (κ3) is 3.51. The molecule has 3 N–H and O–H groups in total. The van der Waals surface area contributed by atoms with Gasteiger partial charge in [0.25, 0.3) is 0 Å². The molecule has 0 amide bonds. The van der Waals surface area contributed by atoms with Crippen LogP contribution in [-0.4, -0.2) is 17.3 Å². The largest absolute Gasteiger partial charge is 0.491 e. The summed E-state index contributed by atoms with van der Waals surface area (Å²) in [7, 11) is 0.